The van der Waals surface area contributed by atoms with Gasteiger partial charge in [0.25, 0.3) is 0 Å². The van der Waals surface area contributed by atoms with Crippen LogP contribution in [-0.2, 0) is 11.3 Å². The van der Waals surface area contributed by atoms with Gasteiger partial charge in [-0.2, -0.15) is 0 Å². The molecule has 0 aliphatic rings. The minimum Gasteiger partial charge on any atom is -0.495 e. The first-order valence-electron chi connectivity index (χ1n) is 8.22. The second kappa shape index (κ2) is 8.41. The van der Waals surface area contributed by atoms with Crippen LogP contribution in [0.5, 0.6) is 5.75 Å². The maximum absolute atomic E-state index is 12.1. The Morgan fingerprint density at radius 3 is 2.67 bits per heavy atom. The molecular weight excluding hydrogens is 389 g/mol. The number of aromatic nitrogens is 2. The van der Waals surface area contributed by atoms with Crippen molar-refractivity contribution in [1.29, 1.82) is 0 Å². The number of halogens is 2. The van der Waals surface area contributed by atoms with Crippen LogP contribution < -0.4 is 10.1 Å². The molecule has 8 heteroatoms. The van der Waals surface area contributed by atoms with Crippen LogP contribution >= 0.6 is 23.2 Å². The predicted octanol–water partition coefficient (Wildman–Crippen LogP) is 4.73. The van der Waals surface area contributed by atoms with Crippen molar-refractivity contribution < 1.29 is 14.3 Å². The molecule has 0 spiro atoms. The zero-order chi connectivity index (χ0) is 19.4. The lowest BCUT2D eigenvalue weighted by Crippen LogP contribution is -2.12. The molecule has 2 aromatic carbocycles. The molecule has 0 aliphatic carbocycles. The Labute approximate surface area is 166 Å². The number of anilines is 1. The molecular formula is C19H17Cl2N3O3. The van der Waals surface area contributed by atoms with E-state index < -0.39 is 5.97 Å². The van der Waals surface area contributed by atoms with Crippen molar-refractivity contribution in [3.8, 4) is 5.75 Å². The van der Waals surface area contributed by atoms with E-state index in [2.05, 4.69) is 15.3 Å². The summed E-state index contributed by atoms with van der Waals surface area (Å²) in [7, 11) is 1.56. The number of methoxy groups -OCH3 is 1. The zero-order valence-corrected chi connectivity index (χ0v) is 16.3. The van der Waals surface area contributed by atoms with Gasteiger partial charge in [0.2, 0.25) is 5.82 Å². The van der Waals surface area contributed by atoms with E-state index in [0.717, 1.165) is 5.56 Å². The molecule has 0 saturated heterocycles. The fourth-order valence-corrected chi connectivity index (χ4v) is 2.98. The van der Waals surface area contributed by atoms with Gasteiger partial charge >= 0.3 is 5.97 Å². The van der Waals surface area contributed by atoms with Crippen molar-refractivity contribution in [1.82, 2.24) is 9.97 Å². The first-order valence-corrected chi connectivity index (χ1v) is 8.98. The summed E-state index contributed by atoms with van der Waals surface area (Å²) in [5.74, 6) is 0.494. The Morgan fingerprint density at radius 2 is 1.96 bits per heavy atom. The molecule has 0 unspecified atom stereocenters. The standard InChI is InChI=1S/C19H17Cl2N3O3/c1-3-27-19(25)18-23-15-6-5-12(20)9-13(15)17(24-18)22-10-11-4-7-16(26-2)14(21)8-11/h4-9H,3,10H2,1-2H3,(H,22,23,24). The Kier molecular flexibility index (Phi) is 5.98. The summed E-state index contributed by atoms with van der Waals surface area (Å²) in [6, 6.07) is 10.7. The molecule has 140 valence electrons. The molecule has 0 radical (unpaired) electrons. The largest absolute Gasteiger partial charge is 0.495 e. The molecule has 3 rings (SSSR count). The number of rotatable bonds is 6. The maximum atomic E-state index is 12.1. The molecule has 1 N–H and O–H groups in total. The molecule has 0 saturated carbocycles. The summed E-state index contributed by atoms with van der Waals surface area (Å²) < 4.78 is 10.2. The van der Waals surface area contributed by atoms with Crippen molar-refractivity contribution in [2.75, 3.05) is 19.0 Å². The quantitative estimate of drug-likeness (QED) is 0.597. The summed E-state index contributed by atoms with van der Waals surface area (Å²) in [6.45, 7) is 2.41. The monoisotopic (exact) mass is 405 g/mol. The Hall–Kier alpha value is -2.57. The van der Waals surface area contributed by atoms with Gasteiger partial charge in [0.1, 0.15) is 11.6 Å². The molecule has 6 nitrogen and oxygen atoms in total. The Bertz CT molecular complexity index is 995. The van der Waals surface area contributed by atoms with Gasteiger partial charge in [-0.3, -0.25) is 0 Å². The highest BCUT2D eigenvalue weighted by atomic mass is 35.5. The summed E-state index contributed by atoms with van der Waals surface area (Å²) in [4.78, 5) is 20.6. The number of fused-ring (bicyclic) bond motifs is 1. The number of carbonyl (C=O) groups is 1. The first kappa shape index (κ1) is 19.2. The van der Waals surface area contributed by atoms with Crippen LogP contribution in [0.25, 0.3) is 10.9 Å². The SMILES string of the molecule is CCOC(=O)c1nc(NCc2ccc(OC)c(Cl)c2)c2cc(Cl)ccc2n1. The summed E-state index contributed by atoms with van der Waals surface area (Å²) in [6.07, 6.45) is 0. The van der Waals surface area contributed by atoms with Crippen molar-refractivity contribution in [3.05, 3.63) is 57.8 Å². The van der Waals surface area contributed by atoms with Gasteiger partial charge in [-0.05, 0) is 42.8 Å². The highest BCUT2D eigenvalue weighted by Gasteiger charge is 2.15. The highest BCUT2D eigenvalue weighted by molar-refractivity contribution is 6.32. The fourth-order valence-electron chi connectivity index (χ4n) is 2.53. The minimum atomic E-state index is -0.579. The van der Waals surface area contributed by atoms with Gasteiger partial charge < -0.3 is 14.8 Å². The zero-order valence-electron chi connectivity index (χ0n) is 14.8. The molecule has 0 amide bonds. The minimum absolute atomic E-state index is 0.0121. The molecule has 1 heterocycles. The second-order valence-corrected chi connectivity index (χ2v) is 6.44. The Morgan fingerprint density at radius 1 is 1.15 bits per heavy atom. The van der Waals surface area contributed by atoms with Crippen molar-refractivity contribution in [2.45, 2.75) is 13.5 Å². The van der Waals surface area contributed by atoms with Crippen LogP contribution in [0.4, 0.5) is 5.82 Å². The average Bonchev–Trinajstić information content (AvgIpc) is 2.66. The average molecular weight is 406 g/mol. The van der Waals surface area contributed by atoms with Gasteiger partial charge in [-0.15, -0.1) is 0 Å². The topological polar surface area (TPSA) is 73.3 Å². The van der Waals surface area contributed by atoms with E-state index in [1.54, 1.807) is 44.4 Å². The van der Waals surface area contributed by atoms with E-state index in [0.29, 0.717) is 39.1 Å². The van der Waals surface area contributed by atoms with Crippen LogP contribution in [0, 0.1) is 0 Å². The lowest BCUT2D eigenvalue weighted by Gasteiger charge is -2.12. The summed E-state index contributed by atoms with van der Waals surface area (Å²) in [5.41, 5.74) is 1.51. The van der Waals surface area contributed by atoms with Gasteiger partial charge in [-0.1, -0.05) is 29.3 Å². The van der Waals surface area contributed by atoms with Crippen LogP contribution in [0.1, 0.15) is 23.1 Å². The van der Waals surface area contributed by atoms with Crippen molar-refractivity contribution in [2.24, 2.45) is 0 Å². The van der Waals surface area contributed by atoms with Crippen LogP contribution in [0.15, 0.2) is 36.4 Å². The molecule has 0 fully saturated rings. The van der Waals surface area contributed by atoms with Crippen molar-refractivity contribution in [3.63, 3.8) is 0 Å². The number of nitrogens with one attached hydrogen (secondary N) is 1. The second-order valence-electron chi connectivity index (χ2n) is 5.60. The van der Waals surface area contributed by atoms with Gasteiger partial charge in [0.05, 0.1) is 24.3 Å². The van der Waals surface area contributed by atoms with Gasteiger partial charge in [0, 0.05) is 17.0 Å². The van der Waals surface area contributed by atoms with Crippen molar-refractivity contribution >= 4 is 45.9 Å². The first-order chi connectivity index (χ1) is 13.0. The number of carbonyl (C=O) groups excluding carboxylic acids is 1. The molecule has 0 atom stereocenters. The smallest absolute Gasteiger partial charge is 0.376 e. The lowest BCUT2D eigenvalue weighted by atomic mass is 10.2. The van der Waals surface area contributed by atoms with Crippen LogP contribution in [-0.4, -0.2) is 29.7 Å². The predicted molar refractivity (Wildman–Crippen MR) is 106 cm³/mol. The van der Waals surface area contributed by atoms with Gasteiger partial charge in [0.15, 0.2) is 0 Å². The normalized spacial score (nSPS) is 10.7. The van der Waals surface area contributed by atoms with Gasteiger partial charge in [-0.25, -0.2) is 14.8 Å². The van der Waals surface area contributed by atoms with E-state index >= 15 is 0 Å². The number of nitrogens with zero attached hydrogens (tertiary/aromatic N) is 2. The third-order valence-corrected chi connectivity index (χ3v) is 4.32. The van der Waals surface area contributed by atoms with Crippen LogP contribution in [0.3, 0.4) is 0 Å². The lowest BCUT2D eigenvalue weighted by molar-refractivity contribution is 0.0512. The molecule has 1 aromatic heterocycles. The molecule has 0 bridgehead atoms. The number of benzene rings is 2. The third-order valence-electron chi connectivity index (χ3n) is 3.79. The van der Waals surface area contributed by atoms with E-state index in [1.807, 2.05) is 6.07 Å². The van der Waals surface area contributed by atoms with E-state index in [-0.39, 0.29) is 12.4 Å². The third kappa shape index (κ3) is 4.40. The van der Waals surface area contributed by atoms with E-state index in [9.17, 15) is 4.79 Å². The number of ether oxygens (including phenoxy) is 2. The maximum Gasteiger partial charge on any atom is 0.376 e. The number of hydrogen-bond acceptors (Lipinski definition) is 6. The molecule has 3 aromatic rings. The summed E-state index contributed by atoms with van der Waals surface area (Å²) >= 11 is 12.3. The number of esters is 1. The molecule has 0 aliphatic heterocycles. The fraction of sp³-hybridized carbons (Fsp3) is 0.211. The van der Waals surface area contributed by atoms with Crippen LogP contribution in [0.2, 0.25) is 10.0 Å². The number of hydrogen-bond donors (Lipinski definition) is 1. The Balaban J connectivity index is 1.94. The van der Waals surface area contributed by atoms with E-state index in [4.69, 9.17) is 32.7 Å². The van der Waals surface area contributed by atoms with E-state index in [1.165, 1.54) is 0 Å². The summed E-state index contributed by atoms with van der Waals surface area (Å²) in [5, 5.41) is 4.98. The highest BCUT2D eigenvalue weighted by Crippen LogP contribution is 2.27. The molecule has 27 heavy (non-hydrogen) atoms.